The number of aromatic nitrogens is 3. The standard InChI is InChI=1S/C19H26N4O3S/c1-14-18(15(2)23(21-14)17-8-10-27(25,26)13-17)12-22(3)19(24)7-6-16-5-4-9-20-11-16/h4-5,9,11,17H,6-8,10,12-13H2,1-3H3/t17-/m0/s1. The molecule has 0 bridgehead atoms. The van der Waals surface area contributed by atoms with Crippen molar-refractivity contribution in [3.05, 3.63) is 47.0 Å². The lowest BCUT2D eigenvalue weighted by Crippen LogP contribution is -2.27. The quantitative estimate of drug-likeness (QED) is 0.751. The lowest BCUT2D eigenvalue weighted by molar-refractivity contribution is -0.130. The second-order valence-electron chi connectivity index (χ2n) is 7.26. The van der Waals surface area contributed by atoms with Gasteiger partial charge >= 0.3 is 0 Å². The summed E-state index contributed by atoms with van der Waals surface area (Å²) in [7, 11) is -1.17. The van der Waals surface area contributed by atoms with Gasteiger partial charge in [0.05, 0.1) is 23.2 Å². The predicted molar refractivity (Wildman–Crippen MR) is 103 cm³/mol. The van der Waals surface area contributed by atoms with Crippen molar-refractivity contribution >= 4 is 15.7 Å². The van der Waals surface area contributed by atoms with Crippen LogP contribution in [0.15, 0.2) is 24.5 Å². The Labute approximate surface area is 160 Å². The molecule has 1 saturated heterocycles. The van der Waals surface area contributed by atoms with Crippen molar-refractivity contribution in [3.63, 3.8) is 0 Å². The molecule has 0 unspecified atom stereocenters. The molecule has 1 amide bonds. The highest BCUT2D eigenvalue weighted by Crippen LogP contribution is 2.27. The molecule has 1 aliphatic heterocycles. The van der Waals surface area contributed by atoms with Gasteiger partial charge in [0.15, 0.2) is 9.84 Å². The monoisotopic (exact) mass is 390 g/mol. The average molecular weight is 391 g/mol. The van der Waals surface area contributed by atoms with Gasteiger partial charge in [0.1, 0.15) is 0 Å². The maximum Gasteiger partial charge on any atom is 0.222 e. The first-order valence-corrected chi connectivity index (χ1v) is 11.0. The lowest BCUT2D eigenvalue weighted by Gasteiger charge is -2.18. The number of nitrogens with zero attached hydrogens (tertiary/aromatic N) is 4. The molecule has 0 radical (unpaired) electrons. The Bertz CT molecular complexity index is 922. The molecule has 3 rings (SSSR count). The first-order valence-electron chi connectivity index (χ1n) is 9.14. The van der Waals surface area contributed by atoms with Crippen LogP contribution in [0.5, 0.6) is 0 Å². The molecular weight excluding hydrogens is 364 g/mol. The van der Waals surface area contributed by atoms with E-state index >= 15 is 0 Å². The van der Waals surface area contributed by atoms with Gasteiger partial charge < -0.3 is 4.90 Å². The van der Waals surface area contributed by atoms with Gasteiger partial charge in [-0.2, -0.15) is 5.10 Å². The van der Waals surface area contributed by atoms with Gasteiger partial charge in [-0.3, -0.25) is 14.5 Å². The van der Waals surface area contributed by atoms with Gasteiger partial charge in [-0.15, -0.1) is 0 Å². The largest absolute Gasteiger partial charge is 0.341 e. The summed E-state index contributed by atoms with van der Waals surface area (Å²) in [5, 5.41) is 4.57. The first kappa shape index (κ1) is 19.5. The fourth-order valence-electron chi connectivity index (χ4n) is 3.56. The topological polar surface area (TPSA) is 85.2 Å². The maximum atomic E-state index is 12.5. The van der Waals surface area contributed by atoms with Crippen LogP contribution in [0.2, 0.25) is 0 Å². The van der Waals surface area contributed by atoms with Crippen molar-refractivity contribution in [2.45, 2.75) is 45.7 Å². The Balaban J connectivity index is 1.65. The molecule has 2 aromatic rings. The van der Waals surface area contributed by atoms with Crippen LogP contribution in [0.4, 0.5) is 0 Å². The zero-order valence-electron chi connectivity index (χ0n) is 16.1. The molecule has 0 aromatic carbocycles. The van der Waals surface area contributed by atoms with E-state index in [2.05, 4.69) is 10.1 Å². The second-order valence-corrected chi connectivity index (χ2v) is 9.49. The van der Waals surface area contributed by atoms with Crippen molar-refractivity contribution in [2.24, 2.45) is 0 Å². The Kier molecular flexibility index (Phi) is 5.64. The maximum absolute atomic E-state index is 12.5. The van der Waals surface area contributed by atoms with Gasteiger partial charge in [-0.1, -0.05) is 6.07 Å². The molecule has 2 aromatic heterocycles. The average Bonchev–Trinajstić information content (AvgIpc) is 3.13. The zero-order valence-corrected chi connectivity index (χ0v) is 16.9. The minimum Gasteiger partial charge on any atom is -0.341 e. The Morgan fingerprint density at radius 3 is 2.78 bits per heavy atom. The number of carbonyl (C=O) groups is 1. The van der Waals surface area contributed by atoms with Crippen molar-refractivity contribution < 1.29 is 13.2 Å². The molecule has 8 heteroatoms. The fourth-order valence-corrected chi connectivity index (χ4v) is 5.26. The number of rotatable bonds is 6. The van der Waals surface area contributed by atoms with Crippen molar-refractivity contribution in [1.82, 2.24) is 19.7 Å². The van der Waals surface area contributed by atoms with Crippen molar-refractivity contribution in [2.75, 3.05) is 18.6 Å². The van der Waals surface area contributed by atoms with E-state index in [1.54, 1.807) is 24.3 Å². The van der Waals surface area contributed by atoms with Gasteiger partial charge in [-0.25, -0.2) is 8.42 Å². The summed E-state index contributed by atoms with van der Waals surface area (Å²) >= 11 is 0. The van der Waals surface area contributed by atoms with Gasteiger partial charge in [0.25, 0.3) is 0 Å². The summed E-state index contributed by atoms with van der Waals surface area (Å²) in [6, 6.07) is 3.73. The van der Waals surface area contributed by atoms with E-state index in [1.165, 1.54) is 0 Å². The third kappa shape index (κ3) is 4.55. The number of pyridine rings is 1. The molecule has 0 aliphatic carbocycles. The van der Waals surface area contributed by atoms with Crippen LogP contribution in [-0.4, -0.2) is 52.5 Å². The molecular formula is C19H26N4O3S. The summed E-state index contributed by atoms with van der Waals surface area (Å²) < 4.78 is 25.4. The number of carbonyl (C=O) groups excluding carboxylic acids is 1. The molecule has 1 aliphatic rings. The third-order valence-corrected chi connectivity index (χ3v) is 6.95. The summed E-state index contributed by atoms with van der Waals surface area (Å²) in [6.45, 7) is 4.34. The van der Waals surface area contributed by atoms with E-state index < -0.39 is 9.84 Å². The Morgan fingerprint density at radius 2 is 2.15 bits per heavy atom. The molecule has 1 fully saturated rings. The van der Waals surface area contributed by atoms with Crippen LogP contribution in [0.25, 0.3) is 0 Å². The third-order valence-electron chi connectivity index (χ3n) is 5.20. The van der Waals surface area contributed by atoms with Crippen molar-refractivity contribution in [1.29, 1.82) is 0 Å². The van der Waals surface area contributed by atoms with Crippen molar-refractivity contribution in [3.8, 4) is 0 Å². The summed E-state index contributed by atoms with van der Waals surface area (Å²) in [6.07, 6.45) is 5.19. The van der Waals surface area contributed by atoms with E-state index in [0.717, 1.165) is 22.5 Å². The molecule has 1 atom stereocenters. The van der Waals surface area contributed by atoms with E-state index in [0.29, 0.717) is 25.8 Å². The summed E-state index contributed by atoms with van der Waals surface area (Å²) in [5.74, 6) is 0.431. The van der Waals surface area contributed by atoms with Crippen LogP contribution in [-0.2, 0) is 27.6 Å². The van der Waals surface area contributed by atoms with Gasteiger partial charge in [0.2, 0.25) is 5.91 Å². The number of aryl methyl sites for hydroxylation is 2. The number of hydrogen-bond acceptors (Lipinski definition) is 5. The number of amides is 1. The number of hydrogen-bond donors (Lipinski definition) is 0. The smallest absolute Gasteiger partial charge is 0.222 e. The molecule has 0 saturated carbocycles. The van der Waals surface area contributed by atoms with E-state index in [-0.39, 0.29) is 23.5 Å². The van der Waals surface area contributed by atoms with E-state index in [4.69, 9.17) is 0 Å². The second kappa shape index (κ2) is 7.80. The van der Waals surface area contributed by atoms with Crippen LogP contribution >= 0.6 is 0 Å². The highest BCUT2D eigenvalue weighted by Gasteiger charge is 2.31. The lowest BCUT2D eigenvalue weighted by atomic mass is 10.1. The molecule has 27 heavy (non-hydrogen) atoms. The molecule has 0 N–H and O–H groups in total. The molecule has 146 valence electrons. The molecule has 7 nitrogen and oxygen atoms in total. The van der Waals surface area contributed by atoms with Crippen LogP contribution in [0.1, 0.15) is 41.4 Å². The normalized spacial score (nSPS) is 18.6. The minimum atomic E-state index is -2.96. The Morgan fingerprint density at radius 1 is 1.37 bits per heavy atom. The SMILES string of the molecule is Cc1nn([C@H]2CCS(=O)(=O)C2)c(C)c1CN(C)C(=O)CCc1cccnc1. The zero-order chi connectivity index (χ0) is 19.6. The predicted octanol–water partition coefficient (Wildman–Crippen LogP) is 1.85. The van der Waals surface area contributed by atoms with Gasteiger partial charge in [-0.05, 0) is 38.3 Å². The summed E-state index contributed by atoms with van der Waals surface area (Å²) in [5.41, 5.74) is 3.84. The fraction of sp³-hybridized carbons (Fsp3) is 0.526. The first-order chi connectivity index (χ1) is 12.8. The highest BCUT2D eigenvalue weighted by atomic mass is 32.2. The van der Waals surface area contributed by atoms with Gasteiger partial charge in [0, 0.05) is 43.7 Å². The summed E-state index contributed by atoms with van der Waals surface area (Å²) in [4.78, 5) is 18.3. The Hall–Kier alpha value is -2.22. The number of sulfone groups is 1. The molecule has 0 spiro atoms. The van der Waals surface area contributed by atoms with Crippen LogP contribution in [0, 0.1) is 13.8 Å². The van der Waals surface area contributed by atoms with Crippen LogP contribution < -0.4 is 0 Å². The highest BCUT2D eigenvalue weighted by molar-refractivity contribution is 7.91. The van der Waals surface area contributed by atoms with Crippen LogP contribution in [0.3, 0.4) is 0 Å². The minimum absolute atomic E-state index is 0.0637. The van der Waals surface area contributed by atoms with E-state index in [1.807, 2.05) is 30.7 Å². The molecule has 3 heterocycles. The van der Waals surface area contributed by atoms with E-state index in [9.17, 15) is 13.2 Å².